The number of nitrogens with zero attached hydrogens (tertiary/aromatic N) is 1. The number of hydrogen-bond acceptors (Lipinski definition) is 3. The second kappa shape index (κ2) is 3.23. The van der Waals surface area contributed by atoms with Gasteiger partial charge < -0.3 is 4.52 Å². The first-order valence-electron chi connectivity index (χ1n) is 4.67. The highest BCUT2D eigenvalue weighted by Gasteiger charge is 2.66. The zero-order chi connectivity index (χ0) is 12.0. The van der Waals surface area contributed by atoms with E-state index < -0.39 is 17.5 Å². The van der Waals surface area contributed by atoms with Gasteiger partial charge in [-0.3, -0.25) is 10.1 Å². The summed E-state index contributed by atoms with van der Waals surface area (Å²) in [5.74, 6) is -0.474. The van der Waals surface area contributed by atoms with E-state index in [2.05, 4.69) is 15.0 Å². The van der Waals surface area contributed by atoms with Crippen molar-refractivity contribution in [1.82, 2.24) is 5.16 Å². The second-order valence-electron chi connectivity index (χ2n) is 3.84. The van der Waals surface area contributed by atoms with Crippen LogP contribution in [0.1, 0.15) is 25.5 Å². The van der Waals surface area contributed by atoms with E-state index in [1.54, 1.807) is 0 Å². The summed E-state index contributed by atoms with van der Waals surface area (Å²) >= 11 is 0. The van der Waals surface area contributed by atoms with Gasteiger partial charge in [-0.15, -0.1) is 0 Å². The van der Waals surface area contributed by atoms with E-state index in [1.165, 1.54) is 6.92 Å². The monoisotopic (exact) mass is 234 g/mol. The Hall–Kier alpha value is -1.53. The van der Waals surface area contributed by atoms with Gasteiger partial charge in [0.05, 0.1) is 0 Å². The van der Waals surface area contributed by atoms with Gasteiger partial charge in [-0.1, -0.05) is 5.16 Å². The summed E-state index contributed by atoms with van der Waals surface area (Å²) in [5.41, 5.74) is -2.03. The lowest BCUT2D eigenvalue weighted by Crippen LogP contribution is -2.28. The van der Waals surface area contributed by atoms with E-state index in [9.17, 15) is 18.0 Å². The van der Waals surface area contributed by atoms with Gasteiger partial charge in [0, 0.05) is 13.0 Å². The standard InChI is InChI=1S/C9H9F3N2O2/c1-5(15)13-7-4-6(14-16-7)8(2-3-8)9(10,11)12/h4H,2-3H2,1H3,(H,13,15). The fraction of sp³-hybridized carbons (Fsp3) is 0.556. The smallest absolute Gasteiger partial charge is 0.338 e. The number of rotatable bonds is 2. The van der Waals surface area contributed by atoms with Crippen molar-refractivity contribution in [3.63, 3.8) is 0 Å². The molecule has 0 aromatic carbocycles. The minimum atomic E-state index is -4.32. The van der Waals surface area contributed by atoms with E-state index in [0.29, 0.717) is 0 Å². The van der Waals surface area contributed by atoms with E-state index in [4.69, 9.17) is 0 Å². The van der Waals surface area contributed by atoms with Gasteiger partial charge in [-0.05, 0) is 12.8 Å². The molecule has 1 N–H and O–H groups in total. The third kappa shape index (κ3) is 1.66. The van der Waals surface area contributed by atoms with Crippen molar-refractivity contribution in [3.05, 3.63) is 11.8 Å². The van der Waals surface area contributed by atoms with Gasteiger partial charge in [0.1, 0.15) is 11.1 Å². The van der Waals surface area contributed by atoms with Crippen LogP contribution in [0, 0.1) is 0 Å². The lowest BCUT2D eigenvalue weighted by molar-refractivity contribution is -0.161. The molecule has 1 fully saturated rings. The molecule has 0 spiro atoms. The van der Waals surface area contributed by atoms with E-state index >= 15 is 0 Å². The highest BCUT2D eigenvalue weighted by atomic mass is 19.4. The maximum absolute atomic E-state index is 12.7. The van der Waals surface area contributed by atoms with E-state index in [0.717, 1.165) is 6.07 Å². The Kier molecular flexibility index (Phi) is 2.21. The molecule has 7 heteroatoms. The van der Waals surface area contributed by atoms with Gasteiger partial charge in [-0.2, -0.15) is 13.2 Å². The summed E-state index contributed by atoms with van der Waals surface area (Å²) in [6.07, 6.45) is -4.29. The fourth-order valence-corrected chi connectivity index (χ4v) is 1.54. The molecule has 1 aliphatic rings. The molecule has 0 radical (unpaired) electrons. The molecule has 1 aromatic rings. The van der Waals surface area contributed by atoms with Gasteiger partial charge in [-0.25, -0.2) is 0 Å². The van der Waals surface area contributed by atoms with Crippen LogP contribution in [-0.4, -0.2) is 17.2 Å². The molecule has 0 bridgehead atoms. The van der Waals surface area contributed by atoms with Gasteiger partial charge >= 0.3 is 6.18 Å². The first kappa shape index (κ1) is 11.0. The number of anilines is 1. The SMILES string of the molecule is CC(=O)Nc1cc(C2(C(F)(F)F)CC2)no1. The van der Waals surface area contributed by atoms with Crippen LogP contribution in [0.5, 0.6) is 0 Å². The molecule has 1 aromatic heterocycles. The largest absolute Gasteiger partial charge is 0.400 e. The quantitative estimate of drug-likeness (QED) is 0.853. The molecular weight excluding hydrogens is 225 g/mol. The van der Waals surface area contributed by atoms with Crippen LogP contribution in [0.15, 0.2) is 10.6 Å². The molecule has 88 valence electrons. The first-order valence-corrected chi connectivity index (χ1v) is 4.67. The molecule has 0 aliphatic heterocycles. The average molecular weight is 234 g/mol. The molecule has 1 amide bonds. The number of alkyl halides is 3. The predicted octanol–water partition coefficient (Wildman–Crippen LogP) is 2.23. The molecular formula is C9H9F3N2O2. The number of aromatic nitrogens is 1. The minimum absolute atomic E-state index is 0.0164. The third-order valence-corrected chi connectivity index (χ3v) is 2.59. The van der Waals surface area contributed by atoms with Crippen LogP contribution in [-0.2, 0) is 10.2 Å². The number of carbonyl (C=O) groups excluding carboxylic acids is 1. The third-order valence-electron chi connectivity index (χ3n) is 2.59. The summed E-state index contributed by atoms with van der Waals surface area (Å²) in [6, 6.07) is 1.13. The maximum atomic E-state index is 12.7. The van der Waals surface area contributed by atoms with Crippen LogP contribution >= 0.6 is 0 Å². The summed E-state index contributed by atoms with van der Waals surface area (Å²) in [4.78, 5) is 10.7. The molecule has 1 heterocycles. The Balaban J connectivity index is 2.23. The highest BCUT2D eigenvalue weighted by molar-refractivity contribution is 5.87. The number of nitrogens with one attached hydrogen (secondary N) is 1. The first-order chi connectivity index (χ1) is 7.35. The normalized spacial score (nSPS) is 18.2. The van der Waals surface area contributed by atoms with Gasteiger partial charge in [0.15, 0.2) is 0 Å². The van der Waals surface area contributed by atoms with Crippen molar-refractivity contribution in [2.24, 2.45) is 0 Å². The molecule has 16 heavy (non-hydrogen) atoms. The van der Waals surface area contributed by atoms with Crippen molar-refractivity contribution in [2.45, 2.75) is 31.4 Å². The second-order valence-corrected chi connectivity index (χ2v) is 3.84. The Bertz CT molecular complexity index is 421. The zero-order valence-electron chi connectivity index (χ0n) is 8.39. The van der Waals surface area contributed by atoms with Crippen molar-refractivity contribution in [2.75, 3.05) is 5.32 Å². The maximum Gasteiger partial charge on any atom is 0.400 e. The van der Waals surface area contributed by atoms with Gasteiger partial charge in [0.25, 0.3) is 0 Å². The Morgan fingerprint density at radius 3 is 2.62 bits per heavy atom. The molecule has 2 rings (SSSR count). The summed E-state index contributed by atoms with van der Waals surface area (Å²) in [7, 11) is 0. The van der Waals surface area contributed by atoms with Crippen LogP contribution < -0.4 is 5.32 Å². The molecule has 1 aliphatic carbocycles. The number of amides is 1. The van der Waals surface area contributed by atoms with Crippen molar-refractivity contribution < 1.29 is 22.5 Å². The lowest BCUT2D eigenvalue weighted by atomic mass is 10.0. The predicted molar refractivity (Wildman–Crippen MR) is 47.8 cm³/mol. The molecule has 4 nitrogen and oxygen atoms in total. The van der Waals surface area contributed by atoms with Crippen molar-refractivity contribution >= 4 is 11.8 Å². The zero-order valence-corrected chi connectivity index (χ0v) is 8.39. The van der Waals surface area contributed by atoms with E-state index in [1.807, 2.05) is 0 Å². The van der Waals surface area contributed by atoms with Crippen LogP contribution in [0.4, 0.5) is 19.1 Å². The molecule has 0 unspecified atom stereocenters. The molecule has 0 saturated heterocycles. The van der Waals surface area contributed by atoms with Crippen LogP contribution in [0.2, 0.25) is 0 Å². The van der Waals surface area contributed by atoms with Gasteiger partial charge in [0.2, 0.25) is 11.8 Å². The summed E-state index contributed by atoms with van der Waals surface area (Å²) in [6.45, 7) is 1.23. The topological polar surface area (TPSA) is 55.1 Å². The van der Waals surface area contributed by atoms with Crippen molar-refractivity contribution in [1.29, 1.82) is 0 Å². The lowest BCUT2D eigenvalue weighted by Gasteiger charge is -2.15. The van der Waals surface area contributed by atoms with E-state index in [-0.39, 0.29) is 24.4 Å². The highest BCUT2D eigenvalue weighted by Crippen LogP contribution is 2.58. The number of carbonyl (C=O) groups is 1. The minimum Gasteiger partial charge on any atom is -0.338 e. The summed E-state index contributed by atoms with van der Waals surface area (Å²) in [5, 5.41) is 5.60. The van der Waals surface area contributed by atoms with Crippen molar-refractivity contribution in [3.8, 4) is 0 Å². The average Bonchev–Trinajstić information content (AvgIpc) is 2.82. The summed E-state index contributed by atoms with van der Waals surface area (Å²) < 4.78 is 42.7. The molecule has 1 saturated carbocycles. The fourth-order valence-electron chi connectivity index (χ4n) is 1.54. The Morgan fingerprint density at radius 1 is 1.56 bits per heavy atom. The number of hydrogen-bond donors (Lipinski definition) is 1. The Morgan fingerprint density at radius 2 is 2.19 bits per heavy atom. The Labute approximate surface area is 88.8 Å². The van der Waals surface area contributed by atoms with Crippen LogP contribution in [0.3, 0.4) is 0 Å². The van der Waals surface area contributed by atoms with Crippen LogP contribution in [0.25, 0.3) is 0 Å². The number of halogens is 3. The molecule has 0 atom stereocenters.